The largest absolute Gasteiger partial charge is 0.377 e. The average molecular weight is 792 g/mol. The number of primary amides is 1. The van der Waals surface area contributed by atoms with E-state index in [0.717, 1.165) is 58.4 Å². The van der Waals surface area contributed by atoms with Gasteiger partial charge in [-0.1, -0.05) is 168 Å². The summed E-state index contributed by atoms with van der Waals surface area (Å²) < 4.78 is 18.5. The van der Waals surface area contributed by atoms with Crippen molar-refractivity contribution in [2.75, 3.05) is 66.2 Å². The van der Waals surface area contributed by atoms with E-state index in [1.165, 1.54) is 154 Å². The predicted molar refractivity (Wildman–Crippen MR) is 244 cm³/mol. The lowest BCUT2D eigenvalue weighted by molar-refractivity contribution is -0.148. The summed E-state index contributed by atoms with van der Waals surface area (Å²) in [6, 6.07) is 0. The average Bonchev–Trinajstić information content (AvgIpc) is 3.19. The molecule has 0 bridgehead atoms. The van der Waals surface area contributed by atoms with Crippen molar-refractivity contribution >= 4 is 5.91 Å². The van der Waals surface area contributed by atoms with Gasteiger partial charge in [0.25, 0.3) is 0 Å². The van der Waals surface area contributed by atoms with E-state index in [4.69, 9.17) is 19.9 Å². The molecule has 0 saturated carbocycles. The molecule has 0 fully saturated rings. The summed E-state index contributed by atoms with van der Waals surface area (Å²) in [7, 11) is 2.14. The van der Waals surface area contributed by atoms with Crippen molar-refractivity contribution in [3.05, 3.63) is 24.3 Å². The number of carbonyl (C=O) groups excluding carboxylic acids is 1. The summed E-state index contributed by atoms with van der Waals surface area (Å²) in [5.41, 5.74) is 5.90. The van der Waals surface area contributed by atoms with Crippen molar-refractivity contribution < 1.29 is 19.0 Å². The lowest BCUT2D eigenvalue weighted by Gasteiger charge is -2.26. The van der Waals surface area contributed by atoms with E-state index in [-0.39, 0.29) is 0 Å². The van der Waals surface area contributed by atoms with E-state index in [1.807, 2.05) is 0 Å². The van der Waals surface area contributed by atoms with Crippen LogP contribution in [0.15, 0.2) is 24.3 Å². The first-order chi connectivity index (χ1) is 27.5. The SMILES string of the molecule is CCCCCCCC/C=C\CCCCCCCCOC(COCCN(C)CCN(CC)CC)C(OCCCCCCCC/C=C\CCCCCCCC)C(N)=O. The summed E-state index contributed by atoms with van der Waals surface area (Å²) >= 11 is 0. The molecule has 7 nitrogen and oxygen atoms in total. The number of rotatable bonds is 46. The molecule has 2 atom stereocenters. The molecule has 0 aliphatic carbocycles. The van der Waals surface area contributed by atoms with Gasteiger partial charge in [-0.25, -0.2) is 0 Å². The number of amides is 1. The lowest BCUT2D eigenvalue weighted by atomic mass is 10.1. The fraction of sp³-hybridized carbons (Fsp3) is 0.898. The van der Waals surface area contributed by atoms with Crippen molar-refractivity contribution in [3.63, 3.8) is 0 Å². The highest BCUT2D eigenvalue weighted by atomic mass is 16.6. The van der Waals surface area contributed by atoms with Crippen molar-refractivity contribution in [1.29, 1.82) is 0 Å². The molecule has 0 radical (unpaired) electrons. The number of allylic oxidation sites excluding steroid dienone is 4. The first-order valence-electron chi connectivity index (χ1n) is 24.3. The highest BCUT2D eigenvalue weighted by molar-refractivity contribution is 5.79. The smallest absolute Gasteiger partial charge is 0.249 e. The maximum absolute atomic E-state index is 12.6. The van der Waals surface area contributed by atoms with Crippen molar-refractivity contribution in [2.24, 2.45) is 5.73 Å². The van der Waals surface area contributed by atoms with Gasteiger partial charge in [-0.2, -0.15) is 0 Å². The third-order valence-corrected chi connectivity index (χ3v) is 11.2. The van der Waals surface area contributed by atoms with Crippen LogP contribution >= 0.6 is 0 Å². The van der Waals surface area contributed by atoms with Gasteiger partial charge in [0.2, 0.25) is 5.91 Å². The number of carbonyl (C=O) groups is 1. The van der Waals surface area contributed by atoms with Crippen molar-refractivity contribution in [3.8, 4) is 0 Å². The molecule has 56 heavy (non-hydrogen) atoms. The molecule has 332 valence electrons. The Kier molecular flexibility index (Phi) is 43.8. The Balaban J connectivity index is 4.43. The summed E-state index contributed by atoms with van der Waals surface area (Å²) in [6.45, 7) is 16.0. The quantitative estimate of drug-likeness (QED) is 0.0489. The number of nitrogens with two attached hydrogens (primary N) is 1. The summed E-state index contributed by atoms with van der Waals surface area (Å²) in [4.78, 5) is 17.3. The summed E-state index contributed by atoms with van der Waals surface area (Å²) in [5, 5.41) is 0. The third kappa shape index (κ3) is 38.3. The minimum absolute atomic E-state index is 0.317. The Labute approximate surface area is 349 Å². The predicted octanol–water partition coefficient (Wildman–Crippen LogP) is 12.6. The Morgan fingerprint density at radius 1 is 0.500 bits per heavy atom. The lowest BCUT2D eigenvalue weighted by Crippen LogP contribution is -2.45. The number of likely N-dealkylation sites (N-methyl/N-ethyl adjacent to an activating group) is 2. The number of ether oxygens (including phenoxy) is 3. The normalized spacial score (nSPS) is 13.3. The van der Waals surface area contributed by atoms with E-state index < -0.39 is 18.1 Å². The summed E-state index contributed by atoms with van der Waals surface area (Å²) in [5.74, 6) is -0.458. The first-order valence-corrected chi connectivity index (χ1v) is 24.3. The maximum Gasteiger partial charge on any atom is 0.249 e. The second kappa shape index (κ2) is 44.8. The van der Waals surface area contributed by atoms with Crippen LogP contribution < -0.4 is 5.73 Å². The zero-order valence-electron chi connectivity index (χ0n) is 38.2. The second-order valence-electron chi connectivity index (χ2n) is 16.4. The van der Waals surface area contributed by atoms with Crippen LogP contribution in [0.4, 0.5) is 0 Å². The van der Waals surface area contributed by atoms with Gasteiger partial charge in [0.15, 0.2) is 6.10 Å². The second-order valence-corrected chi connectivity index (χ2v) is 16.4. The van der Waals surface area contributed by atoms with Gasteiger partial charge in [-0.3, -0.25) is 4.79 Å². The standard InChI is InChI=1S/C49H97N3O4/c1-6-10-12-14-16-18-20-22-24-26-28-30-32-34-36-38-43-55-47(46-54-45-42-51(5)40-41-52(8-3)9-4)48(49(50)53)56-44-39-37-35-33-31-29-27-25-23-21-19-17-15-13-11-7-2/h22-25,47-48H,6-21,26-46H2,1-5H3,(H2,50,53)/b24-22-,25-23-. The molecular formula is C49H97N3O4. The Morgan fingerprint density at radius 2 is 0.893 bits per heavy atom. The van der Waals surface area contributed by atoms with Gasteiger partial charge in [0, 0.05) is 32.8 Å². The summed E-state index contributed by atoms with van der Waals surface area (Å²) in [6.07, 6.45) is 43.8. The maximum atomic E-state index is 12.6. The molecule has 0 aromatic heterocycles. The van der Waals surface area contributed by atoms with Crippen molar-refractivity contribution in [1.82, 2.24) is 9.80 Å². The van der Waals surface area contributed by atoms with Crippen LogP contribution in [-0.2, 0) is 19.0 Å². The Hall–Kier alpha value is -1.25. The van der Waals surface area contributed by atoms with Crippen LogP contribution in [-0.4, -0.2) is 94.1 Å². The minimum Gasteiger partial charge on any atom is -0.377 e. The third-order valence-electron chi connectivity index (χ3n) is 11.2. The molecule has 0 aromatic carbocycles. The molecule has 0 saturated heterocycles. The van der Waals surface area contributed by atoms with Gasteiger partial charge >= 0.3 is 0 Å². The minimum atomic E-state index is -0.785. The molecule has 2 N–H and O–H groups in total. The zero-order chi connectivity index (χ0) is 41.0. The van der Waals surface area contributed by atoms with Crippen LogP contribution in [0, 0.1) is 0 Å². The Bertz CT molecular complexity index is 849. The van der Waals surface area contributed by atoms with Crippen LogP contribution in [0.25, 0.3) is 0 Å². The molecule has 0 aromatic rings. The molecule has 0 aliphatic heterocycles. The van der Waals surface area contributed by atoms with Gasteiger partial charge in [0.1, 0.15) is 6.10 Å². The molecule has 0 rings (SSSR count). The van der Waals surface area contributed by atoms with Gasteiger partial charge in [-0.05, 0) is 84.3 Å². The van der Waals surface area contributed by atoms with E-state index in [2.05, 4.69) is 68.8 Å². The number of hydrogen-bond acceptors (Lipinski definition) is 6. The highest BCUT2D eigenvalue weighted by Crippen LogP contribution is 2.14. The van der Waals surface area contributed by atoms with Gasteiger partial charge in [-0.15, -0.1) is 0 Å². The molecule has 2 unspecified atom stereocenters. The fourth-order valence-electron chi connectivity index (χ4n) is 7.12. The van der Waals surface area contributed by atoms with Crippen LogP contribution in [0.1, 0.15) is 207 Å². The fourth-order valence-corrected chi connectivity index (χ4v) is 7.12. The molecule has 0 heterocycles. The van der Waals surface area contributed by atoms with E-state index in [0.29, 0.717) is 26.4 Å². The van der Waals surface area contributed by atoms with Gasteiger partial charge in [0.05, 0.1) is 13.2 Å². The van der Waals surface area contributed by atoms with Gasteiger partial charge < -0.3 is 29.7 Å². The van der Waals surface area contributed by atoms with E-state index in [9.17, 15) is 4.79 Å². The number of hydrogen-bond donors (Lipinski definition) is 1. The Morgan fingerprint density at radius 3 is 1.30 bits per heavy atom. The van der Waals surface area contributed by atoms with Crippen molar-refractivity contribution in [2.45, 2.75) is 220 Å². The molecular weight excluding hydrogens is 695 g/mol. The number of unbranched alkanes of at least 4 members (excludes halogenated alkanes) is 24. The van der Waals surface area contributed by atoms with E-state index >= 15 is 0 Å². The molecule has 0 spiro atoms. The monoisotopic (exact) mass is 792 g/mol. The van der Waals surface area contributed by atoms with Crippen LogP contribution in [0.3, 0.4) is 0 Å². The highest BCUT2D eigenvalue weighted by Gasteiger charge is 2.28. The number of nitrogens with zero attached hydrogens (tertiary/aromatic N) is 2. The van der Waals surface area contributed by atoms with E-state index in [1.54, 1.807) is 0 Å². The van der Waals surface area contributed by atoms with Crippen LogP contribution in [0.2, 0.25) is 0 Å². The zero-order valence-corrected chi connectivity index (χ0v) is 38.2. The molecule has 0 aliphatic rings. The van der Waals surface area contributed by atoms with Crippen LogP contribution in [0.5, 0.6) is 0 Å². The topological polar surface area (TPSA) is 77.3 Å². The molecule has 7 heteroatoms. The first kappa shape index (κ1) is 54.8. The molecule has 1 amide bonds.